The first kappa shape index (κ1) is 12.2. The Morgan fingerprint density at radius 2 is 2.44 bits per heavy atom. The van der Waals surface area contributed by atoms with Crippen molar-refractivity contribution in [3.63, 3.8) is 0 Å². The van der Waals surface area contributed by atoms with E-state index >= 15 is 0 Å². The Kier molecular flexibility index (Phi) is 3.66. The lowest BCUT2D eigenvalue weighted by atomic mass is 10.2. The van der Waals surface area contributed by atoms with E-state index in [1.807, 2.05) is 6.92 Å². The normalized spacial score (nSPS) is 12.3. The fourth-order valence-corrected chi connectivity index (χ4v) is 1.47. The smallest absolute Gasteiger partial charge is 0.227 e. The number of carbonyl (C=O) groups excluding carboxylic acids is 1. The maximum absolute atomic E-state index is 11.7. The molecule has 2 aromatic rings. The Morgan fingerprint density at radius 1 is 1.61 bits per heavy atom. The Morgan fingerprint density at radius 3 is 3.06 bits per heavy atom. The SMILES string of the molecule is Cc1noc(CCC(=O)NC(C)c2ncn[nH]2)n1. The second kappa shape index (κ2) is 5.39. The third-order valence-corrected chi connectivity index (χ3v) is 2.36. The predicted molar refractivity (Wildman–Crippen MR) is 60.3 cm³/mol. The standard InChI is InChI=1S/C10H14N6O2/c1-6(10-11-5-12-15-10)13-8(17)3-4-9-14-7(2)16-18-9/h5-6H,3-4H2,1-2H3,(H,13,17)(H,11,12,15). The van der Waals surface area contributed by atoms with E-state index in [0.717, 1.165) is 0 Å². The van der Waals surface area contributed by atoms with E-state index in [1.54, 1.807) is 6.92 Å². The minimum absolute atomic E-state index is 0.102. The van der Waals surface area contributed by atoms with Gasteiger partial charge in [-0.25, -0.2) is 4.98 Å². The molecule has 0 saturated heterocycles. The number of rotatable bonds is 5. The van der Waals surface area contributed by atoms with E-state index in [2.05, 4.69) is 30.6 Å². The van der Waals surface area contributed by atoms with Gasteiger partial charge >= 0.3 is 0 Å². The van der Waals surface area contributed by atoms with Gasteiger partial charge in [0, 0.05) is 12.8 Å². The predicted octanol–water partition coefficient (Wildman–Crippen LogP) is 0.306. The van der Waals surface area contributed by atoms with E-state index < -0.39 is 0 Å². The molecule has 1 amide bonds. The molecule has 18 heavy (non-hydrogen) atoms. The molecule has 2 heterocycles. The van der Waals surface area contributed by atoms with Crippen LogP contribution in [0.5, 0.6) is 0 Å². The van der Waals surface area contributed by atoms with Crippen LogP contribution in [0.2, 0.25) is 0 Å². The number of nitrogens with zero attached hydrogens (tertiary/aromatic N) is 4. The average Bonchev–Trinajstić information content (AvgIpc) is 2.97. The van der Waals surface area contributed by atoms with Crippen molar-refractivity contribution in [2.45, 2.75) is 32.7 Å². The van der Waals surface area contributed by atoms with Gasteiger partial charge in [0.1, 0.15) is 12.2 Å². The van der Waals surface area contributed by atoms with Crippen LogP contribution in [-0.2, 0) is 11.2 Å². The summed E-state index contributed by atoms with van der Waals surface area (Å²) in [4.78, 5) is 19.7. The van der Waals surface area contributed by atoms with E-state index in [1.165, 1.54) is 6.33 Å². The molecular weight excluding hydrogens is 236 g/mol. The van der Waals surface area contributed by atoms with Gasteiger partial charge in [-0.15, -0.1) is 0 Å². The number of aromatic nitrogens is 5. The third kappa shape index (κ3) is 3.12. The Labute approximate surface area is 103 Å². The molecule has 1 unspecified atom stereocenters. The van der Waals surface area contributed by atoms with Crippen molar-refractivity contribution in [2.75, 3.05) is 0 Å². The third-order valence-electron chi connectivity index (χ3n) is 2.36. The maximum atomic E-state index is 11.7. The van der Waals surface area contributed by atoms with Gasteiger partial charge < -0.3 is 9.84 Å². The Hall–Kier alpha value is -2.25. The second-order valence-corrected chi connectivity index (χ2v) is 3.90. The molecule has 0 fully saturated rings. The molecule has 0 aliphatic carbocycles. The number of hydrogen-bond donors (Lipinski definition) is 2. The lowest BCUT2D eigenvalue weighted by Gasteiger charge is -2.09. The number of carbonyl (C=O) groups is 1. The van der Waals surface area contributed by atoms with Crippen molar-refractivity contribution >= 4 is 5.91 Å². The largest absolute Gasteiger partial charge is 0.346 e. The molecular formula is C10H14N6O2. The molecule has 0 aromatic carbocycles. The van der Waals surface area contributed by atoms with Crippen LogP contribution in [0.1, 0.15) is 36.9 Å². The highest BCUT2D eigenvalue weighted by Crippen LogP contribution is 2.05. The first-order valence-electron chi connectivity index (χ1n) is 5.59. The molecule has 2 aromatic heterocycles. The lowest BCUT2D eigenvalue weighted by Crippen LogP contribution is -2.27. The number of aryl methyl sites for hydroxylation is 2. The van der Waals surface area contributed by atoms with Gasteiger partial charge in [0.15, 0.2) is 5.82 Å². The highest BCUT2D eigenvalue weighted by Gasteiger charge is 2.13. The molecule has 2 N–H and O–H groups in total. The summed E-state index contributed by atoms with van der Waals surface area (Å²) in [6.45, 7) is 3.56. The number of H-pyrrole nitrogens is 1. The quantitative estimate of drug-likeness (QED) is 0.790. The molecule has 2 rings (SSSR count). The zero-order valence-electron chi connectivity index (χ0n) is 10.2. The van der Waals surface area contributed by atoms with Crippen molar-refractivity contribution in [3.8, 4) is 0 Å². The number of amides is 1. The summed E-state index contributed by atoms with van der Waals surface area (Å²) in [6, 6.07) is -0.204. The van der Waals surface area contributed by atoms with Crippen molar-refractivity contribution in [2.24, 2.45) is 0 Å². The van der Waals surface area contributed by atoms with Crippen LogP contribution in [0.4, 0.5) is 0 Å². The summed E-state index contributed by atoms with van der Waals surface area (Å²) in [7, 11) is 0. The monoisotopic (exact) mass is 250 g/mol. The van der Waals surface area contributed by atoms with Gasteiger partial charge in [0.25, 0.3) is 0 Å². The van der Waals surface area contributed by atoms with Crippen molar-refractivity contribution in [3.05, 3.63) is 23.9 Å². The maximum Gasteiger partial charge on any atom is 0.227 e. The molecule has 0 aliphatic rings. The molecule has 0 bridgehead atoms. The number of nitrogens with one attached hydrogen (secondary N) is 2. The summed E-state index contributed by atoms with van der Waals surface area (Å²) >= 11 is 0. The first-order valence-corrected chi connectivity index (χ1v) is 5.59. The molecule has 0 saturated carbocycles. The summed E-state index contributed by atoms with van der Waals surface area (Å²) < 4.78 is 4.92. The zero-order valence-corrected chi connectivity index (χ0v) is 10.2. The van der Waals surface area contributed by atoms with E-state index in [9.17, 15) is 4.79 Å². The van der Waals surface area contributed by atoms with Gasteiger partial charge in [0.05, 0.1) is 6.04 Å². The van der Waals surface area contributed by atoms with Crippen LogP contribution in [0, 0.1) is 6.92 Å². The molecule has 0 spiro atoms. The molecule has 1 atom stereocenters. The Bertz CT molecular complexity index is 506. The second-order valence-electron chi connectivity index (χ2n) is 3.90. The summed E-state index contributed by atoms with van der Waals surface area (Å²) in [5.41, 5.74) is 0. The van der Waals surface area contributed by atoms with Crippen LogP contribution in [0.25, 0.3) is 0 Å². The first-order chi connectivity index (χ1) is 8.65. The van der Waals surface area contributed by atoms with Crippen LogP contribution in [0.3, 0.4) is 0 Å². The summed E-state index contributed by atoms with van der Waals surface area (Å²) in [6.07, 6.45) is 2.12. The van der Waals surface area contributed by atoms with Gasteiger partial charge in [-0.1, -0.05) is 5.16 Å². The average molecular weight is 250 g/mol. The van der Waals surface area contributed by atoms with Crippen LogP contribution >= 0.6 is 0 Å². The van der Waals surface area contributed by atoms with E-state index in [4.69, 9.17) is 4.52 Å². The van der Waals surface area contributed by atoms with Crippen molar-refractivity contribution in [1.29, 1.82) is 0 Å². The van der Waals surface area contributed by atoms with Gasteiger partial charge in [-0.3, -0.25) is 9.89 Å². The molecule has 0 radical (unpaired) electrons. The highest BCUT2D eigenvalue weighted by molar-refractivity contribution is 5.76. The van der Waals surface area contributed by atoms with Crippen LogP contribution in [-0.4, -0.2) is 31.2 Å². The van der Waals surface area contributed by atoms with E-state index in [0.29, 0.717) is 30.4 Å². The summed E-state index contributed by atoms with van der Waals surface area (Å²) in [5, 5.41) is 12.9. The molecule has 0 aliphatic heterocycles. The topological polar surface area (TPSA) is 110 Å². The summed E-state index contributed by atoms with van der Waals surface area (Å²) in [5.74, 6) is 1.56. The van der Waals surface area contributed by atoms with Gasteiger partial charge in [-0.05, 0) is 13.8 Å². The minimum atomic E-state index is -0.204. The van der Waals surface area contributed by atoms with E-state index in [-0.39, 0.29) is 11.9 Å². The van der Waals surface area contributed by atoms with Crippen molar-refractivity contribution < 1.29 is 9.32 Å². The Balaban J connectivity index is 1.78. The van der Waals surface area contributed by atoms with Crippen LogP contribution < -0.4 is 5.32 Å². The molecule has 96 valence electrons. The zero-order chi connectivity index (χ0) is 13.0. The fourth-order valence-electron chi connectivity index (χ4n) is 1.47. The number of aromatic amines is 1. The van der Waals surface area contributed by atoms with Gasteiger partial charge in [-0.2, -0.15) is 10.1 Å². The van der Waals surface area contributed by atoms with Crippen LogP contribution in [0.15, 0.2) is 10.9 Å². The molecule has 8 heteroatoms. The minimum Gasteiger partial charge on any atom is -0.346 e. The fraction of sp³-hybridized carbons (Fsp3) is 0.500. The molecule has 8 nitrogen and oxygen atoms in total. The van der Waals surface area contributed by atoms with Gasteiger partial charge in [0.2, 0.25) is 11.8 Å². The van der Waals surface area contributed by atoms with Crippen molar-refractivity contribution in [1.82, 2.24) is 30.6 Å². The highest BCUT2D eigenvalue weighted by atomic mass is 16.5. The lowest BCUT2D eigenvalue weighted by molar-refractivity contribution is -0.121. The number of hydrogen-bond acceptors (Lipinski definition) is 6.